The van der Waals surface area contributed by atoms with Crippen LogP contribution in [0.15, 0.2) is 18.2 Å². The van der Waals surface area contributed by atoms with Crippen molar-refractivity contribution < 1.29 is 14.3 Å². The smallest absolute Gasteiger partial charge is 0.349 e. The predicted octanol–water partition coefficient (Wildman–Crippen LogP) is 2.10. The minimum absolute atomic E-state index is 0.336. The van der Waals surface area contributed by atoms with Crippen molar-refractivity contribution in [3.8, 4) is 5.75 Å². The first-order valence-corrected chi connectivity index (χ1v) is 7.21. The van der Waals surface area contributed by atoms with Gasteiger partial charge in [-0.3, -0.25) is 0 Å². The van der Waals surface area contributed by atoms with E-state index in [2.05, 4.69) is 11.4 Å². The number of fused-ring (bicyclic) bond motifs is 1. The molecule has 0 atom stereocenters. The summed E-state index contributed by atoms with van der Waals surface area (Å²) in [5.41, 5.74) is 1.69. The highest BCUT2D eigenvalue weighted by molar-refractivity contribution is 5.79. The van der Waals surface area contributed by atoms with Crippen molar-refractivity contribution in [1.29, 1.82) is 0 Å². The van der Waals surface area contributed by atoms with Crippen molar-refractivity contribution in [2.24, 2.45) is 0 Å². The fourth-order valence-corrected chi connectivity index (χ4v) is 2.35. The zero-order chi connectivity index (χ0) is 14.6. The molecule has 110 valence electrons. The number of esters is 1. The molecule has 1 aliphatic rings. The lowest BCUT2D eigenvalue weighted by molar-refractivity contribution is -0.158. The molecule has 0 unspecified atom stereocenters. The summed E-state index contributed by atoms with van der Waals surface area (Å²) in [5.74, 6) is 0.389. The molecule has 0 radical (unpaired) electrons. The zero-order valence-corrected chi connectivity index (χ0v) is 12.5. The van der Waals surface area contributed by atoms with Crippen LogP contribution in [-0.2, 0) is 22.4 Å². The van der Waals surface area contributed by atoms with E-state index in [-0.39, 0.29) is 5.97 Å². The number of carbonyl (C=O) groups is 1. The third-order valence-electron chi connectivity index (χ3n) is 3.46. The van der Waals surface area contributed by atoms with E-state index in [0.717, 1.165) is 31.7 Å². The predicted molar refractivity (Wildman–Crippen MR) is 78.1 cm³/mol. The number of carbonyl (C=O) groups excluding carboxylic acids is 1. The monoisotopic (exact) mass is 277 g/mol. The van der Waals surface area contributed by atoms with E-state index in [4.69, 9.17) is 9.47 Å². The molecule has 4 nitrogen and oxygen atoms in total. The van der Waals surface area contributed by atoms with Gasteiger partial charge in [0.2, 0.25) is 0 Å². The zero-order valence-electron chi connectivity index (χ0n) is 12.5. The minimum Gasteiger partial charge on any atom is -0.476 e. The molecule has 1 aromatic rings. The fourth-order valence-electron chi connectivity index (χ4n) is 2.35. The summed E-state index contributed by atoms with van der Waals surface area (Å²) >= 11 is 0. The third-order valence-corrected chi connectivity index (χ3v) is 3.46. The Balaban J connectivity index is 2.13. The maximum Gasteiger partial charge on any atom is 0.349 e. The van der Waals surface area contributed by atoms with Crippen LogP contribution in [0.3, 0.4) is 0 Å². The van der Waals surface area contributed by atoms with Crippen LogP contribution in [0.5, 0.6) is 5.75 Å². The van der Waals surface area contributed by atoms with Crippen molar-refractivity contribution in [3.63, 3.8) is 0 Å². The largest absolute Gasteiger partial charge is 0.476 e. The first-order valence-electron chi connectivity index (χ1n) is 7.21. The Hall–Kier alpha value is -1.55. The van der Waals surface area contributed by atoms with Crippen molar-refractivity contribution in [3.05, 3.63) is 29.3 Å². The Morgan fingerprint density at radius 2 is 1.95 bits per heavy atom. The second kappa shape index (κ2) is 6.27. The van der Waals surface area contributed by atoms with Crippen molar-refractivity contribution >= 4 is 5.97 Å². The van der Waals surface area contributed by atoms with Crippen LogP contribution in [0.25, 0.3) is 0 Å². The van der Waals surface area contributed by atoms with Gasteiger partial charge in [-0.05, 0) is 70.0 Å². The van der Waals surface area contributed by atoms with Gasteiger partial charge in [0.15, 0.2) is 5.60 Å². The Kier molecular flexibility index (Phi) is 4.65. The normalized spacial score (nSPS) is 15.2. The standard InChI is InChI=1S/C16H23NO3/c1-4-19-15(18)16(2,3)20-14-6-5-12-7-9-17-10-8-13(12)11-14/h5-6,11,17H,4,7-10H2,1-3H3. The van der Waals surface area contributed by atoms with Crippen molar-refractivity contribution in [2.45, 2.75) is 39.2 Å². The van der Waals surface area contributed by atoms with Crippen LogP contribution in [0.1, 0.15) is 31.9 Å². The lowest BCUT2D eigenvalue weighted by Gasteiger charge is -2.24. The van der Waals surface area contributed by atoms with Crippen LogP contribution in [0.2, 0.25) is 0 Å². The topological polar surface area (TPSA) is 47.6 Å². The SMILES string of the molecule is CCOC(=O)C(C)(C)Oc1ccc2c(c1)CCNCC2. The number of ether oxygens (including phenoxy) is 2. The molecule has 0 saturated carbocycles. The van der Waals surface area contributed by atoms with Gasteiger partial charge >= 0.3 is 5.97 Å². The van der Waals surface area contributed by atoms with E-state index in [1.807, 2.05) is 12.1 Å². The number of benzene rings is 1. The molecule has 1 aliphatic heterocycles. The fraction of sp³-hybridized carbons (Fsp3) is 0.562. The second-order valence-corrected chi connectivity index (χ2v) is 5.51. The van der Waals surface area contributed by atoms with Gasteiger partial charge in [0.25, 0.3) is 0 Å². The minimum atomic E-state index is -0.965. The van der Waals surface area contributed by atoms with Crippen LogP contribution < -0.4 is 10.1 Å². The van der Waals surface area contributed by atoms with Gasteiger partial charge in [0.05, 0.1) is 6.61 Å². The average molecular weight is 277 g/mol. The number of hydrogen-bond acceptors (Lipinski definition) is 4. The average Bonchev–Trinajstić information content (AvgIpc) is 2.63. The molecule has 1 N–H and O–H groups in total. The maximum absolute atomic E-state index is 11.9. The van der Waals surface area contributed by atoms with E-state index in [1.165, 1.54) is 11.1 Å². The summed E-state index contributed by atoms with van der Waals surface area (Å²) in [7, 11) is 0. The first kappa shape index (κ1) is 14.9. The summed E-state index contributed by atoms with van der Waals surface area (Å²) in [6, 6.07) is 6.08. The summed E-state index contributed by atoms with van der Waals surface area (Å²) in [6.45, 7) is 7.63. The molecular formula is C16H23NO3. The molecular weight excluding hydrogens is 254 g/mol. The number of hydrogen-bond donors (Lipinski definition) is 1. The lowest BCUT2D eigenvalue weighted by atomic mass is 10.0. The maximum atomic E-state index is 11.9. The Bertz CT molecular complexity index is 483. The summed E-state index contributed by atoms with van der Waals surface area (Å²) in [5, 5.41) is 3.38. The highest BCUT2D eigenvalue weighted by Gasteiger charge is 2.31. The van der Waals surface area contributed by atoms with Gasteiger partial charge in [-0.25, -0.2) is 4.79 Å². The van der Waals surface area contributed by atoms with Gasteiger partial charge in [-0.2, -0.15) is 0 Å². The van der Waals surface area contributed by atoms with E-state index >= 15 is 0 Å². The molecule has 4 heteroatoms. The highest BCUT2D eigenvalue weighted by atomic mass is 16.6. The van der Waals surface area contributed by atoms with Crippen LogP contribution in [0, 0.1) is 0 Å². The third kappa shape index (κ3) is 3.51. The van der Waals surface area contributed by atoms with Gasteiger partial charge in [-0.15, -0.1) is 0 Å². The summed E-state index contributed by atoms with van der Waals surface area (Å²) in [6.07, 6.45) is 2.03. The number of nitrogens with one attached hydrogen (secondary N) is 1. The molecule has 0 amide bonds. The molecule has 0 spiro atoms. The molecule has 0 aliphatic carbocycles. The molecule has 1 aromatic carbocycles. The molecule has 1 heterocycles. The van der Waals surface area contributed by atoms with E-state index in [9.17, 15) is 4.79 Å². The number of rotatable bonds is 4. The van der Waals surface area contributed by atoms with Gasteiger partial charge < -0.3 is 14.8 Å². The molecule has 20 heavy (non-hydrogen) atoms. The van der Waals surface area contributed by atoms with Crippen LogP contribution in [-0.4, -0.2) is 31.3 Å². The van der Waals surface area contributed by atoms with Crippen LogP contribution >= 0.6 is 0 Å². The van der Waals surface area contributed by atoms with E-state index in [1.54, 1.807) is 20.8 Å². The molecule has 0 aromatic heterocycles. The van der Waals surface area contributed by atoms with E-state index in [0.29, 0.717) is 6.61 Å². The van der Waals surface area contributed by atoms with Gasteiger partial charge in [-0.1, -0.05) is 6.07 Å². The Morgan fingerprint density at radius 3 is 2.65 bits per heavy atom. The summed E-state index contributed by atoms with van der Waals surface area (Å²) in [4.78, 5) is 11.9. The first-order chi connectivity index (χ1) is 9.53. The van der Waals surface area contributed by atoms with E-state index < -0.39 is 5.60 Å². The Labute approximate surface area is 120 Å². The van der Waals surface area contributed by atoms with Gasteiger partial charge in [0.1, 0.15) is 5.75 Å². The Morgan fingerprint density at radius 1 is 1.25 bits per heavy atom. The van der Waals surface area contributed by atoms with Crippen molar-refractivity contribution in [2.75, 3.05) is 19.7 Å². The second-order valence-electron chi connectivity index (χ2n) is 5.51. The lowest BCUT2D eigenvalue weighted by Crippen LogP contribution is -2.39. The quantitative estimate of drug-likeness (QED) is 0.856. The van der Waals surface area contributed by atoms with Crippen molar-refractivity contribution in [1.82, 2.24) is 5.32 Å². The molecule has 0 bridgehead atoms. The summed E-state index contributed by atoms with van der Waals surface area (Å²) < 4.78 is 10.9. The molecule has 0 saturated heterocycles. The molecule has 0 fully saturated rings. The highest BCUT2D eigenvalue weighted by Crippen LogP contribution is 2.24. The molecule has 2 rings (SSSR count). The van der Waals surface area contributed by atoms with Gasteiger partial charge in [0, 0.05) is 0 Å². The van der Waals surface area contributed by atoms with Crippen LogP contribution in [0.4, 0.5) is 0 Å².